The minimum Gasteiger partial charge on any atom is -0.354 e. The molecule has 0 radical (unpaired) electrons. The minimum absolute atomic E-state index is 0.0228. The summed E-state index contributed by atoms with van der Waals surface area (Å²) in [5.74, 6) is 1.26. The lowest BCUT2D eigenvalue weighted by Gasteiger charge is -2.23. The molecule has 0 aliphatic carbocycles. The van der Waals surface area contributed by atoms with E-state index in [1.165, 1.54) is 6.33 Å². The van der Waals surface area contributed by atoms with E-state index in [4.69, 9.17) is 0 Å². The number of hydrogen-bond acceptors (Lipinski definition) is 7. The first kappa shape index (κ1) is 20.5. The summed E-state index contributed by atoms with van der Waals surface area (Å²) < 4.78 is 0. The third kappa shape index (κ3) is 4.75. The van der Waals surface area contributed by atoms with E-state index in [0.717, 1.165) is 67.7 Å². The molecule has 164 valence electrons. The number of aryl methyl sites for hydroxylation is 1. The van der Waals surface area contributed by atoms with Gasteiger partial charge in [-0.15, -0.1) is 0 Å². The number of rotatable bonds is 0. The zero-order valence-electron chi connectivity index (χ0n) is 18.0. The molecule has 8 nitrogen and oxygen atoms in total. The van der Waals surface area contributed by atoms with Crippen LogP contribution in [0.25, 0.3) is 11.4 Å². The van der Waals surface area contributed by atoms with Crippen LogP contribution in [0.3, 0.4) is 0 Å². The van der Waals surface area contributed by atoms with E-state index >= 15 is 0 Å². The van der Waals surface area contributed by atoms with Crippen LogP contribution in [0.15, 0.2) is 48.9 Å². The van der Waals surface area contributed by atoms with Gasteiger partial charge in [0.1, 0.15) is 6.33 Å². The van der Waals surface area contributed by atoms with Crippen LogP contribution in [-0.4, -0.2) is 56.4 Å². The molecule has 1 amide bonds. The number of carbonyl (C=O) groups excluding carboxylic acids is 1. The number of nitrogens with zero attached hydrogens (tertiary/aromatic N) is 5. The Labute approximate surface area is 187 Å². The van der Waals surface area contributed by atoms with Crippen molar-refractivity contribution in [2.75, 3.05) is 25.0 Å². The van der Waals surface area contributed by atoms with Crippen molar-refractivity contribution in [3.8, 4) is 11.4 Å². The highest BCUT2D eigenvalue weighted by Crippen LogP contribution is 2.21. The van der Waals surface area contributed by atoms with E-state index in [9.17, 15) is 4.79 Å². The van der Waals surface area contributed by atoms with Gasteiger partial charge in [0.25, 0.3) is 0 Å². The van der Waals surface area contributed by atoms with Crippen molar-refractivity contribution in [3.05, 3.63) is 60.2 Å². The van der Waals surface area contributed by atoms with Crippen molar-refractivity contribution in [1.82, 2.24) is 30.2 Å². The van der Waals surface area contributed by atoms with Crippen molar-refractivity contribution < 1.29 is 4.79 Å². The van der Waals surface area contributed by atoms with Gasteiger partial charge in [-0.2, -0.15) is 4.98 Å². The number of amides is 1. The highest BCUT2D eigenvalue weighted by atomic mass is 16.2. The quantitative estimate of drug-likeness (QED) is 0.567. The van der Waals surface area contributed by atoms with Crippen LogP contribution in [-0.2, 0) is 17.6 Å². The molecular weight excluding hydrogens is 402 g/mol. The van der Waals surface area contributed by atoms with Gasteiger partial charge in [-0.05, 0) is 75.0 Å². The molecule has 5 rings (SSSR count). The van der Waals surface area contributed by atoms with E-state index in [-0.39, 0.29) is 11.9 Å². The molecule has 1 fully saturated rings. The fourth-order valence-corrected chi connectivity index (χ4v) is 4.49. The van der Waals surface area contributed by atoms with Crippen LogP contribution in [0.5, 0.6) is 0 Å². The number of fused-ring (bicyclic) bond motifs is 8. The van der Waals surface area contributed by atoms with E-state index in [1.54, 1.807) is 6.20 Å². The summed E-state index contributed by atoms with van der Waals surface area (Å²) in [4.78, 5) is 32.9. The Morgan fingerprint density at radius 1 is 1.00 bits per heavy atom. The fraction of sp³-hybridized carbons (Fsp3) is 0.375. The highest BCUT2D eigenvalue weighted by molar-refractivity contribution is 5.82. The Balaban J connectivity index is 1.44. The van der Waals surface area contributed by atoms with E-state index < -0.39 is 0 Å². The van der Waals surface area contributed by atoms with Crippen LogP contribution < -0.4 is 10.6 Å². The Kier molecular flexibility index (Phi) is 6.02. The normalized spacial score (nSPS) is 19.6. The van der Waals surface area contributed by atoms with E-state index in [0.29, 0.717) is 18.3 Å². The number of benzene rings is 1. The Morgan fingerprint density at radius 3 is 2.91 bits per heavy atom. The first-order valence-corrected chi connectivity index (χ1v) is 11.3. The third-order valence-corrected chi connectivity index (χ3v) is 6.09. The molecule has 6 bridgehead atoms. The number of anilines is 2. The number of pyridine rings is 1. The largest absolute Gasteiger partial charge is 0.354 e. The van der Waals surface area contributed by atoms with Gasteiger partial charge in [0.15, 0.2) is 5.82 Å². The Bertz CT molecular complexity index is 1100. The molecule has 8 heteroatoms. The monoisotopic (exact) mass is 429 g/mol. The van der Waals surface area contributed by atoms with E-state index in [2.05, 4.69) is 47.6 Å². The maximum absolute atomic E-state index is 12.8. The first-order chi connectivity index (χ1) is 15.7. The summed E-state index contributed by atoms with van der Waals surface area (Å²) >= 11 is 0. The van der Waals surface area contributed by atoms with Crippen LogP contribution in [0.2, 0.25) is 0 Å². The molecule has 0 saturated carbocycles. The molecule has 1 aromatic carbocycles. The average molecular weight is 430 g/mol. The predicted molar refractivity (Wildman–Crippen MR) is 122 cm³/mol. The van der Waals surface area contributed by atoms with E-state index in [1.807, 2.05) is 24.3 Å². The molecule has 2 N–H and O–H groups in total. The Hall–Kier alpha value is -3.39. The number of hydrogen-bond donors (Lipinski definition) is 2. The molecule has 1 saturated heterocycles. The summed E-state index contributed by atoms with van der Waals surface area (Å²) in [7, 11) is 0. The lowest BCUT2D eigenvalue weighted by atomic mass is 10.1. The Morgan fingerprint density at radius 2 is 1.94 bits per heavy atom. The number of aromatic nitrogens is 4. The molecule has 32 heavy (non-hydrogen) atoms. The molecule has 2 aromatic heterocycles. The number of carbonyl (C=O) groups is 1. The maximum atomic E-state index is 12.8. The maximum Gasteiger partial charge on any atom is 0.237 e. The summed E-state index contributed by atoms with van der Waals surface area (Å²) in [6, 6.07) is 12.1. The summed E-state index contributed by atoms with van der Waals surface area (Å²) in [6.07, 6.45) is 7.91. The van der Waals surface area contributed by atoms with Crippen molar-refractivity contribution in [2.24, 2.45) is 0 Å². The van der Waals surface area contributed by atoms with Crippen LogP contribution in [0.1, 0.15) is 30.5 Å². The summed E-state index contributed by atoms with van der Waals surface area (Å²) in [5, 5.41) is 6.41. The van der Waals surface area contributed by atoms with Crippen molar-refractivity contribution in [3.63, 3.8) is 0 Å². The lowest BCUT2D eigenvalue weighted by molar-refractivity contribution is -0.125. The van der Waals surface area contributed by atoms with Gasteiger partial charge in [-0.25, -0.2) is 9.97 Å². The second kappa shape index (κ2) is 9.40. The predicted octanol–water partition coefficient (Wildman–Crippen LogP) is 2.75. The molecule has 1 unspecified atom stereocenters. The molecule has 2 aliphatic heterocycles. The third-order valence-electron chi connectivity index (χ3n) is 6.09. The molecule has 0 spiro atoms. The van der Waals surface area contributed by atoms with Gasteiger partial charge in [-0.3, -0.25) is 14.7 Å². The van der Waals surface area contributed by atoms with Gasteiger partial charge >= 0.3 is 0 Å². The topological polar surface area (TPSA) is 95.9 Å². The van der Waals surface area contributed by atoms with Gasteiger partial charge < -0.3 is 10.6 Å². The van der Waals surface area contributed by atoms with Crippen molar-refractivity contribution >= 4 is 17.5 Å². The average Bonchev–Trinajstić information content (AvgIpc) is 3.28. The molecule has 1 atom stereocenters. The van der Waals surface area contributed by atoms with Crippen LogP contribution >= 0.6 is 0 Å². The minimum atomic E-state index is -0.0228. The first-order valence-electron chi connectivity index (χ1n) is 11.3. The molecule has 2 aliphatic rings. The van der Waals surface area contributed by atoms with Gasteiger partial charge in [0.2, 0.25) is 11.9 Å². The van der Waals surface area contributed by atoms with Crippen molar-refractivity contribution in [1.29, 1.82) is 0 Å². The van der Waals surface area contributed by atoms with Gasteiger partial charge in [-0.1, -0.05) is 12.1 Å². The molecular formula is C24H27N7O. The van der Waals surface area contributed by atoms with Crippen LogP contribution in [0, 0.1) is 0 Å². The molecule has 3 aromatic rings. The van der Waals surface area contributed by atoms with Gasteiger partial charge in [0.05, 0.1) is 6.04 Å². The van der Waals surface area contributed by atoms with Gasteiger partial charge in [0, 0.05) is 29.7 Å². The second-order valence-electron chi connectivity index (χ2n) is 8.33. The standard InChI is InChI=1S/C24H27N7O/c32-23-21-7-3-13-31(21)12-2-6-19-15-18(9-11-25-19)22-27-16-28-24(30-22)29-20-5-1-4-17(14-20)8-10-26-23/h1,4-5,9,11,14-16,21H,2-3,6-8,10,12-13H2,(H,26,32)(H,27,28,29,30). The number of nitrogens with one attached hydrogen (secondary N) is 2. The highest BCUT2D eigenvalue weighted by Gasteiger charge is 2.29. The lowest BCUT2D eigenvalue weighted by Crippen LogP contribution is -2.44. The second-order valence-corrected chi connectivity index (χ2v) is 8.33. The zero-order chi connectivity index (χ0) is 21.8. The molecule has 4 heterocycles. The smallest absolute Gasteiger partial charge is 0.237 e. The SMILES string of the molecule is O=C1NCCc2cccc(c2)Nc2ncnc(n2)-c2ccnc(c2)CCCN2CCCC12. The fourth-order valence-electron chi connectivity index (χ4n) is 4.49. The summed E-state index contributed by atoms with van der Waals surface area (Å²) in [5.41, 5.74) is 3.97. The summed E-state index contributed by atoms with van der Waals surface area (Å²) in [6.45, 7) is 2.50. The van der Waals surface area contributed by atoms with Crippen LogP contribution in [0.4, 0.5) is 11.6 Å². The van der Waals surface area contributed by atoms with Crippen molar-refractivity contribution in [2.45, 2.75) is 38.1 Å². The zero-order valence-corrected chi connectivity index (χ0v) is 18.0.